The van der Waals surface area contributed by atoms with Crippen LogP contribution < -0.4 is 4.90 Å². The molecule has 1 aromatic heterocycles. The lowest BCUT2D eigenvalue weighted by Gasteiger charge is -2.38. The first kappa shape index (κ1) is 19.0. The molecule has 2 saturated heterocycles. The second-order valence-electron chi connectivity index (χ2n) is 7.25. The van der Waals surface area contributed by atoms with E-state index in [9.17, 15) is 9.59 Å². The zero-order valence-electron chi connectivity index (χ0n) is 16.0. The number of carbonyl (C=O) groups excluding carboxylic acids is 2. The van der Waals surface area contributed by atoms with Crippen molar-refractivity contribution in [3.8, 4) is 0 Å². The fourth-order valence-corrected chi connectivity index (χ4v) is 4.50. The molecular formula is C21H26N4O2S. The van der Waals surface area contributed by atoms with E-state index >= 15 is 0 Å². The van der Waals surface area contributed by atoms with Gasteiger partial charge < -0.3 is 14.7 Å². The molecule has 28 heavy (non-hydrogen) atoms. The first-order chi connectivity index (χ1) is 13.7. The molecule has 0 saturated carbocycles. The quantitative estimate of drug-likeness (QED) is 0.789. The summed E-state index contributed by atoms with van der Waals surface area (Å²) < 4.78 is 0. The molecule has 2 aromatic rings. The molecule has 1 aromatic carbocycles. The van der Waals surface area contributed by atoms with Crippen LogP contribution in [0.25, 0.3) is 0 Å². The van der Waals surface area contributed by atoms with E-state index in [0.717, 1.165) is 31.1 Å². The van der Waals surface area contributed by atoms with E-state index in [1.165, 1.54) is 17.0 Å². The highest BCUT2D eigenvalue weighted by atomic mass is 32.1. The van der Waals surface area contributed by atoms with Crippen molar-refractivity contribution in [1.29, 1.82) is 0 Å². The molecule has 2 aliphatic heterocycles. The molecule has 0 spiro atoms. The Labute approximate surface area is 169 Å². The van der Waals surface area contributed by atoms with Crippen LogP contribution in [0.4, 0.5) is 5.69 Å². The Morgan fingerprint density at radius 1 is 0.786 bits per heavy atom. The average molecular weight is 399 g/mol. The summed E-state index contributed by atoms with van der Waals surface area (Å²) in [4.78, 5) is 34.3. The van der Waals surface area contributed by atoms with Crippen LogP contribution in [0.1, 0.15) is 9.67 Å². The topological polar surface area (TPSA) is 47.1 Å². The molecule has 7 heteroatoms. The molecule has 6 nitrogen and oxygen atoms in total. The van der Waals surface area contributed by atoms with Gasteiger partial charge in [0, 0.05) is 58.0 Å². The Morgan fingerprint density at radius 2 is 1.46 bits per heavy atom. The Kier molecular flexibility index (Phi) is 5.92. The van der Waals surface area contributed by atoms with Crippen molar-refractivity contribution in [3.63, 3.8) is 0 Å². The first-order valence-electron chi connectivity index (χ1n) is 9.83. The van der Waals surface area contributed by atoms with Gasteiger partial charge in [0.25, 0.3) is 5.91 Å². The van der Waals surface area contributed by atoms with Crippen LogP contribution >= 0.6 is 11.3 Å². The standard InChI is InChI=1S/C21H26N4O2S/c26-20(17-22-8-10-23(11-9-22)18-5-2-1-3-6-18)24-12-14-25(15-13-24)21(27)19-7-4-16-28-19/h1-7,16H,8-15,17H2. The van der Waals surface area contributed by atoms with Gasteiger partial charge in [-0.25, -0.2) is 0 Å². The molecule has 0 N–H and O–H groups in total. The zero-order chi connectivity index (χ0) is 19.3. The lowest BCUT2D eigenvalue weighted by Crippen LogP contribution is -2.54. The maximum Gasteiger partial charge on any atom is 0.264 e. The zero-order valence-corrected chi connectivity index (χ0v) is 16.8. The molecule has 3 heterocycles. The van der Waals surface area contributed by atoms with E-state index in [1.54, 1.807) is 0 Å². The van der Waals surface area contributed by atoms with Gasteiger partial charge >= 0.3 is 0 Å². The van der Waals surface area contributed by atoms with Gasteiger partial charge in [0.1, 0.15) is 0 Å². The lowest BCUT2D eigenvalue weighted by atomic mass is 10.2. The first-order valence-corrected chi connectivity index (χ1v) is 10.7. The van der Waals surface area contributed by atoms with Crippen molar-refractivity contribution >= 4 is 28.8 Å². The van der Waals surface area contributed by atoms with Crippen molar-refractivity contribution in [2.45, 2.75) is 0 Å². The Morgan fingerprint density at radius 3 is 2.11 bits per heavy atom. The van der Waals surface area contributed by atoms with Gasteiger partial charge in [-0.05, 0) is 23.6 Å². The van der Waals surface area contributed by atoms with E-state index in [0.29, 0.717) is 32.7 Å². The predicted molar refractivity (Wildman–Crippen MR) is 112 cm³/mol. The van der Waals surface area contributed by atoms with Gasteiger partial charge in [0.2, 0.25) is 5.91 Å². The highest BCUT2D eigenvalue weighted by Crippen LogP contribution is 2.16. The maximum atomic E-state index is 12.7. The third-order valence-electron chi connectivity index (χ3n) is 5.50. The second kappa shape index (κ2) is 8.75. The fraction of sp³-hybridized carbons (Fsp3) is 0.429. The summed E-state index contributed by atoms with van der Waals surface area (Å²) in [6.07, 6.45) is 0. The molecule has 148 valence electrons. The number of para-hydroxylation sites is 1. The number of benzene rings is 1. The normalized spacial score (nSPS) is 18.4. The Balaban J connectivity index is 1.22. The minimum absolute atomic E-state index is 0.0825. The molecule has 2 amide bonds. The SMILES string of the molecule is O=C(CN1CCN(c2ccccc2)CC1)N1CCN(C(=O)c2cccs2)CC1. The van der Waals surface area contributed by atoms with Gasteiger partial charge in [0.05, 0.1) is 11.4 Å². The van der Waals surface area contributed by atoms with Gasteiger partial charge in [-0.15, -0.1) is 11.3 Å². The van der Waals surface area contributed by atoms with E-state index in [1.807, 2.05) is 33.4 Å². The molecular weight excluding hydrogens is 372 g/mol. The van der Waals surface area contributed by atoms with Gasteiger partial charge in [-0.1, -0.05) is 24.3 Å². The van der Waals surface area contributed by atoms with Crippen LogP contribution in [-0.2, 0) is 4.79 Å². The van der Waals surface area contributed by atoms with Gasteiger partial charge in [0.15, 0.2) is 0 Å². The van der Waals surface area contributed by atoms with E-state index in [4.69, 9.17) is 0 Å². The van der Waals surface area contributed by atoms with Crippen LogP contribution in [0.3, 0.4) is 0 Å². The smallest absolute Gasteiger partial charge is 0.264 e. The summed E-state index contributed by atoms with van der Waals surface area (Å²) in [5.74, 6) is 0.260. The Hall–Kier alpha value is -2.38. The number of piperazine rings is 2. The summed E-state index contributed by atoms with van der Waals surface area (Å²) in [5.41, 5.74) is 1.25. The number of rotatable bonds is 4. The third kappa shape index (κ3) is 4.36. The summed E-state index contributed by atoms with van der Waals surface area (Å²) in [6, 6.07) is 14.2. The molecule has 4 rings (SSSR count). The molecule has 0 bridgehead atoms. The molecule has 0 aliphatic carbocycles. The minimum atomic E-state index is 0.0825. The highest BCUT2D eigenvalue weighted by molar-refractivity contribution is 7.12. The predicted octanol–water partition coefficient (Wildman–Crippen LogP) is 1.85. The monoisotopic (exact) mass is 398 g/mol. The van der Waals surface area contributed by atoms with Crippen LogP contribution in [0.5, 0.6) is 0 Å². The molecule has 0 radical (unpaired) electrons. The van der Waals surface area contributed by atoms with Crippen LogP contribution in [0, 0.1) is 0 Å². The van der Waals surface area contributed by atoms with Crippen LogP contribution in [0.2, 0.25) is 0 Å². The number of carbonyl (C=O) groups is 2. The molecule has 2 aliphatic rings. The number of anilines is 1. The van der Waals surface area contributed by atoms with Crippen molar-refractivity contribution in [3.05, 3.63) is 52.7 Å². The summed E-state index contributed by atoms with van der Waals surface area (Å²) in [5, 5.41) is 1.92. The fourth-order valence-electron chi connectivity index (χ4n) is 3.81. The number of nitrogens with zero attached hydrogens (tertiary/aromatic N) is 4. The summed E-state index contributed by atoms with van der Waals surface area (Å²) in [7, 11) is 0. The third-order valence-corrected chi connectivity index (χ3v) is 6.36. The van der Waals surface area contributed by atoms with Crippen LogP contribution in [-0.4, -0.2) is 85.4 Å². The van der Waals surface area contributed by atoms with E-state index in [2.05, 4.69) is 34.1 Å². The Bertz CT molecular complexity index is 780. The van der Waals surface area contributed by atoms with Crippen molar-refractivity contribution in [2.24, 2.45) is 0 Å². The molecule has 0 atom stereocenters. The van der Waals surface area contributed by atoms with E-state index < -0.39 is 0 Å². The maximum absolute atomic E-state index is 12.7. The number of thiophene rings is 1. The summed E-state index contributed by atoms with van der Waals surface area (Å²) in [6.45, 7) is 6.64. The average Bonchev–Trinajstić information content (AvgIpc) is 3.29. The van der Waals surface area contributed by atoms with Crippen molar-refractivity contribution in [2.75, 3.05) is 63.8 Å². The van der Waals surface area contributed by atoms with Crippen LogP contribution in [0.15, 0.2) is 47.8 Å². The van der Waals surface area contributed by atoms with E-state index in [-0.39, 0.29) is 11.8 Å². The molecule has 2 fully saturated rings. The second-order valence-corrected chi connectivity index (χ2v) is 8.20. The lowest BCUT2D eigenvalue weighted by molar-refractivity contribution is -0.134. The van der Waals surface area contributed by atoms with Crippen molar-refractivity contribution < 1.29 is 9.59 Å². The number of amides is 2. The minimum Gasteiger partial charge on any atom is -0.369 e. The summed E-state index contributed by atoms with van der Waals surface area (Å²) >= 11 is 1.47. The highest BCUT2D eigenvalue weighted by Gasteiger charge is 2.27. The number of hydrogen-bond donors (Lipinski definition) is 0. The molecule has 0 unspecified atom stereocenters. The van der Waals surface area contributed by atoms with Gasteiger partial charge in [-0.2, -0.15) is 0 Å². The number of hydrogen-bond acceptors (Lipinski definition) is 5. The van der Waals surface area contributed by atoms with Crippen molar-refractivity contribution in [1.82, 2.24) is 14.7 Å². The largest absolute Gasteiger partial charge is 0.369 e. The van der Waals surface area contributed by atoms with Gasteiger partial charge in [-0.3, -0.25) is 14.5 Å².